The van der Waals surface area contributed by atoms with Crippen LogP contribution in [0.2, 0.25) is 0 Å². The molecule has 1 amide bonds. The molecule has 0 saturated carbocycles. The van der Waals surface area contributed by atoms with E-state index in [0.29, 0.717) is 28.4 Å². The molecule has 2 aromatic heterocycles. The predicted octanol–water partition coefficient (Wildman–Crippen LogP) is 3.31. The quantitative estimate of drug-likeness (QED) is 0.287. The standard InChI is InChI=1S/C21H18N4O6S2/c1-3-30-19(27)14-7-5-13(6-8-14)17-10-9-16(31-17)11-15(12-22)18(26)23-20-24-21(25-32-20)33(28,29)4-2/h5-11H,3-4H2,1-2H3,(H,23,24,25,26)/b15-11-. The van der Waals surface area contributed by atoms with Gasteiger partial charge >= 0.3 is 5.97 Å². The molecule has 0 radical (unpaired) electrons. The second-order valence-electron chi connectivity index (χ2n) is 6.41. The van der Waals surface area contributed by atoms with Crippen LogP contribution in [0.3, 0.4) is 0 Å². The number of aromatic nitrogens is 2. The van der Waals surface area contributed by atoms with Crippen LogP contribution in [0.5, 0.6) is 0 Å². The lowest BCUT2D eigenvalue weighted by molar-refractivity contribution is -0.112. The van der Waals surface area contributed by atoms with Gasteiger partial charge in [-0.25, -0.2) is 13.2 Å². The van der Waals surface area contributed by atoms with Gasteiger partial charge < -0.3 is 9.15 Å². The molecule has 3 rings (SSSR count). The topological polar surface area (TPSA) is 152 Å². The van der Waals surface area contributed by atoms with Crippen LogP contribution in [0, 0.1) is 11.3 Å². The van der Waals surface area contributed by atoms with Gasteiger partial charge in [-0.15, -0.1) is 0 Å². The van der Waals surface area contributed by atoms with Crippen LogP contribution in [0.1, 0.15) is 30.0 Å². The van der Waals surface area contributed by atoms with Crippen molar-refractivity contribution in [2.24, 2.45) is 0 Å². The summed E-state index contributed by atoms with van der Waals surface area (Å²) in [7, 11) is -3.61. The minimum atomic E-state index is -3.61. The Bertz CT molecular complexity index is 1350. The van der Waals surface area contributed by atoms with Crippen LogP contribution < -0.4 is 5.32 Å². The molecule has 0 aliphatic carbocycles. The van der Waals surface area contributed by atoms with Gasteiger partial charge in [-0.2, -0.15) is 14.6 Å². The van der Waals surface area contributed by atoms with Gasteiger partial charge in [-0.3, -0.25) is 10.1 Å². The number of carbonyl (C=O) groups excluding carboxylic acids is 2. The van der Waals surface area contributed by atoms with Crippen molar-refractivity contribution in [3.8, 4) is 17.4 Å². The minimum Gasteiger partial charge on any atom is -0.462 e. The number of amides is 1. The van der Waals surface area contributed by atoms with E-state index < -0.39 is 21.7 Å². The molecule has 0 bridgehead atoms. The summed E-state index contributed by atoms with van der Waals surface area (Å²) in [6.45, 7) is 3.46. The Morgan fingerprint density at radius 3 is 2.58 bits per heavy atom. The first-order valence-electron chi connectivity index (χ1n) is 9.64. The Morgan fingerprint density at radius 1 is 1.21 bits per heavy atom. The predicted molar refractivity (Wildman–Crippen MR) is 120 cm³/mol. The van der Waals surface area contributed by atoms with Crippen LogP contribution in [0.25, 0.3) is 17.4 Å². The maximum atomic E-state index is 12.4. The van der Waals surface area contributed by atoms with Gasteiger partial charge in [0.2, 0.25) is 15.0 Å². The molecular weight excluding hydrogens is 468 g/mol. The van der Waals surface area contributed by atoms with Gasteiger partial charge in [0, 0.05) is 23.2 Å². The van der Waals surface area contributed by atoms with Crippen LogP contribution in [0.15, 0.2) is 51.5 Å². The highest BCUT2D eigenvalue weighted by Gasteiger charge is 2.20. The summed E-state index contributed by atoms with van der Waals surface area (Å²) in [6, 6.07) is 11.6. The van der Waals surface area contributed by atoms with Gasteiger partial charge in [-0.1, -0.05) is 19.1 Å². The molecular formula is C21H18N4O6S2. The molecule has 2 heterocycles. The molecule has 0 unspecified atom stereocenters. The number of carbonyl (C=O) groups is 2. The van der Waals surface area contributed by atoms with Gasteiger partial charge in [-0.05, 0) is 31.2 Å². The summed E-state index contributed by atoms with van der Waals surface area (Å²) in [4.78, 5) is 27.9. The van der Waals surface area contributed by atoms with Gasteiger partial charge in [0.25, 0.3) is 11.1 Å². The first-order chi connectivity index (χ1) is 15.8. The second-order valence-corrected chi connectivity index (χ2v) is 9.33. The lowest BCUT2D eigenvalue weighted by atomic mass is 10.1. The van der Waals surface area contributed by atoms with E-state index in [1.807, 2.05) is 0 Å². The maximum Gasteiger partial charge on any atom is 0.338 e. The van der Waals surface area contributed by atoms with E-state index in [1.165, 1.54) is 13.0 Å². The number of rotatable bonds is 8. The van der Waals surface area contributed by atoms with Crippen molar-refractivity contribution in [3.05, 3.63) is 53.3 Å². The summed E-state index contributed by atoms with van der Waals surface area (Å²) < 4.78 is 38.0. The highest BCUT2D eigenvalue weighted by molar-refractivity contribution is 7.91. The third kappa shape index (κ3) is 5.71. The molecule has 33 heavy (non-hydrogen) atoms. The number of nitrogens with one attached hydrogen (secondary N) is 1. The van der Waals surface area contributed by atoms with Crippen molar-refractivity contribution >= 4 is 44.5 Å². The summed E-state index contributed by atoms with van der Waals surface area (Å²) >= 11 is 0.697. The van der Waals surface area contributed by atoms with Gasteiger partial charge in [0.05, 0.1) is 17.9 Å². The van der Waals surface area contributed by atoms with Crippen molar-refractivity contribution in [1.82, 2.24) is 9.36 Å². The summed E-state index contributed by atoms with van der Waals surface area (Å²) in [5, 5.41) is 11.3. The molecule has 12 heteroatoms. The van der Waals surface area contributed by atoms with Gasteiger partial charge in [0.1, 0.15) is 23.2 Å². The molecule has 0 saturated heterocycles. The Kier molecular flexibility index (Phi) is 7.37. The monoisotopic (exact) mass is 486 g/mol. The van der Waals surface area contributed by atoms with E-state index in [1.54, 1.807) is 49.4 Å². The van der Waals surface area contributed by atoms with E-state index in [9.17, 15) is 23.3 Å². The van der Waals surface area contributed by atoms with E-state index in [2.05, 4.69) is 14.7 Å². The zero-order valence-corrected chi connectivity index (χ0v) is 19.2. The van der Waals surface area contributed by atoms with Crippen molar-refractivity contribution in [2.45, 2.75) is 19.0 Å². The fraction of sp³-hybridized carbons (Fsp3) is 0.190. The van der Waals surface area contributed by atoms with Crippen LogP contribution in [0.4, 0.5) is 5.13 Å². The van der Waals surface area contributed by atoms with E-state index in [0.717, 1.165) is 0 Å². The molecule has 0 spiro atoms. The molecule has 3 aromatic rings. The largest absolute Gasteiger partial charge is 0.462 e. The Labute approximate surface area is 193 Å². The number of esters is 1. The number of benzene rings is 1. The van der Waals surface area contributed by atoms with Crippen LogP contribution in [-0.4, -0.2) is 42.0 Å². The fourth-order valence-corrected chi connectivity index (χ4v) is 4.13. The molecule has 0 fully saturated rings. The number of hydrogen-bond donors (Lipinski definition) is 1. The normalized spacial score (nSPS) is 11.6. The third-order valence-corrected chi connectivity index (χ3v) is 6.49. The highest BCUT2D eigenvalue weighted by Crippen LogP contribution is 2.24. The van der Waals surface area contributed by atoms with E-state index >= 15 is 0 Å². The number of sulfone groups is 1. The summed E-state index contributed by atoms with van der Waals surface area (Å²) in [5.74, 6) is -0.671. The maximum absolute atomic E-state index is 12.4. The molecule has 0 aliphatic heterocycles. The first kappa shape index (κ1) is 23.8. The number of anilines is 1. The zero-order valence-electron chi connectivity index (χ0n) is 17.6. The summed E-state index contributed by atoms with van der Waals surface area (Å²) in [6.07, 6.45) is 1.25. The average Bonchev–Trinajstić information content (AvgIpc) is 3.48. The molecule has 170 valence electrons. The fourth-order valence-electron chi connectivity index (χ4n) is 2.54. The number of nitrogens with zero attached hydrogens (tertiary/aromatic N) is 3. The van der Waals surface area contributed by atoms with Gasteiger partial charge in [0.15, 0.2) is 0 Å². The molecule has 1 aromatic carbocycles. The minimum absolute atomic E-state index is 0.0463. The van der Waals surface area contributed by atoms with Crippen molar-refractivity contribution in [2.75, 3.05) is 17.7 Å². The third-order valence-electron chi connectivity index (χ3n) is 4.25. The molecule has 0 atom stereocenters. The second kappa shape index (κ2) is 10.2. The average molecular weight is 487 g/mol. The number of furan rings is 1. The van der Waals surface area contributed by atoms with Crippen molar-refractivity contribution < 1.29 is 27.2 Å². The highest BCUT2D eigenvalue weighted by atomic mass is 32.2. The van der Waals surface area contributed by atoms with Crippen LogP contribution >= 0.6 is 11.5 Å². The van der Waals surface area contributed by atoms with E-state index in [-0.39, 0.29) is 34.0 Å². The Balaban J connectivity index is 1.74. The Hall–Kier alpha value is -3.82. The summed E-state index contributed by atoms with van der Waals surface area (Å²) in [5.41, 5.74) is 0.815. The Morgan fingerprint density at radius 2 is 1.94 bits per heavy atom. The number of nitriles is 1. The zero-order chi connectivity index (χ0) is 24.0. The van der Waals surface area contributed by atoms with Crippen molar-refractivity contribution in [1.29, 1.82) is 5.26 Å². The SMILES string of the molecule is CCOC(=O)c1ccc(-c2ccc(/C=C(/C#N)C(=O)Nc3nc(S(=O)(=O)CC)ns3)o2)cc1. The molecule has 1 N–H and O–H groups in total. The number of hydrogen-bond acceptors (Lipinski definition) is 10. The van der Waals surface area contributed by atoms with E-state index in [4.69, 9.17) is 9.15 Å². The lowest BCUT2D eigenvalue weighted by Gasteiger charge is -2.02. The smallest absolute Gasteiger partial charge is 0.338 e. The van der Waals surface area contributed by atoms with Crippen molar-refractivity contribution in [3.63, 3.8) is 0 Å². The first-order valence-corrected chi connectivity index (χ1v) is 12.1. The van der Waals surface area contributed by atoms with Crippen LogP contribution in [-0.2, 0) is 19.4 Å². The molecule has 0 aliphatic rings. The lowest BCUT2D eigenvalue weighted by Crippen LogP contribution is -2.13. The number of ether oxygens (including phenoxy) is 1. The molecule has 10 nitrogen and oxygen atoms in total.